The van der Waals surface area contributed by atoms with Crippen molar-refractivity contribution < 1.29 is 13.2 Å². The van der Waals surface area contributed by atoms with Crippen molar-refractivity contribution in [1.82, 2.24) is 10.2 Å². The van der Waals surface area contributed by atoms with Crippen LogP contribution in [0.4, 0.5) is 0 Å². The van der Waals surface area contributed by atoms with Crippen LogP contribution in [-0.4, -0.2) is 51.2 Å². The molecule has 0 aliphatic carbocycles. The first-order valence-corrected chi connectivity index (χ1v) is 8.92. The van der Waals surface area contributed by atoms with Gasteiger partial charge in [-0.3, -0.25) is 4.79 Å². The number of carbonyl (C=O) groups is 1. The minimum atomic E-state index is -3.21. The quantitative estimate of drug-likeness (QED) is 0.901. The first kappa shape index (κ1) is 18.9. The van der Waals surface area contributed by atoms with Crippen LogP contribution in [0.2, 0.25) is 0 Å². The lowest BCUT2D eigenvalue weighted by Crippen LogP contribution is -2.46. The summed E-state index contributed by atoms with van der Waals surface area (Å²) in [5, 5.41) is 3.20. The van der Waals surface area contributed by atoms with Crippen molar-refractivity contribution in [3.63, 3.8) is 0 Å². The Morgan fingerprint density at radius 1 is 1.32 bits per heavy atom. The van der Waals surface area contributed by atoms with E-state index in [0.29, 0.717) is 18.2 Å². The molecule has 0 radical (unpaired) electrons. The van der Waals surface area contributed by atoms with E-state index in [1.165, 1.54) is 12.1 Å². The highest BCUT2D eigenvalue weighted by atomic mass is 35.5. The smallest absolute Gasteiger partial charge is 0.253 e. The Hall–Kier alpha value is -1.11. The maximum Gasteiger partial charge on any atom is 0.253 e. The van der Waals surface area contributed by atoms with Gasteiger partial charge in [0, 0.05) is 24.7 Å². The summed E-state index contributed by atoms with van der Waals surface area (Å²) in [4.78, 5) is 14.5. The summed E-state index contributed by atoms with van der Waals surface area (Å²) in [6.07, 6.45) is 2.06. The highest BCUT2D eigenvalue weighted by Crippen LogP contribution is 2.16. The molecule has 1 unspecified atom stereocenters. The Labute approximate surface area is 138 Å². The number of likely N-dealkylation sites (tertiary alicyclic amines) is 1. The summed E-state index contributed by atoms with van der Waals surface area (Å²) in [5.74, 6) is 0.0337. The van der Waals surface area contributed by atoms with Gasteiger partial charge in [0.2, 0.25) is 0 Å². The van der Waals surface area contributed by atoms with E-state index in [4.69, 9.17) is 0 Å². The first-order chi connectivity index (χ1) is 9.97. The number of likely N-dealkylation sites (N-methyl/N-ethyl adjacent to an activating group) is 1. The lowest BCUT2D eigenvalue weighted by molar-refractivity contribution is 0.0698. The number of hydrogen-bond donors (Lipinski definition) is 1. The Balaban J connectivity index is 0.00000242. The highest BCUT2D eigenvalue weighted by molar-refractivity contribution is 7.91. The van der Waals surface area contributed by atoms with E-state index in [9.17, 15) is 13.2 Å². The Kier molecular flexibility index (Phi) is 6.84. The Morgan fingerprint density at radius 2 is 1.95 bits per heavy atom. The van der Waals surface area contributed by atoms with Crippen molar-refractivity contribution in [2.45, 2.75) is 30.7 Å². The predicted molar refractivity (Wildman–Crippen MR) is 89.4 cm³/mol. The number of carbonyl (C=O) groups excluding carboxylic acids is 1. The molecule has 7 heteroatoms. The van der Waals surface area contributed by atoms with Crippen molar-refractivity contribution in [3.8, 4) is 0 Å². The number of rotatable bonds is 4. The molecule has 1 amide bonds. The molecule has 0 spiro atoms. The van der Waals surface area contributed by atoms with Gasteiger partial charge >= 0.3 is 0 Å². The van der Waals surface area contributed by atoms with Crippen LogP contribution in [0.5, 0.6) is 0 Å². The molecule has 0 saturated carbocycles. The van der Waals surface area contributed by atoms with Gasteiger partial charge in [0.15, 0.2) is 9.84 Å². The number of sulfone groups is 1. The van der Waals surface area contributed by atoms with E-state index >= 15 is 0 Å². The number of hydrogen-bond acceptors (Lipinski definition) is 4. The SMILES string of the molecule is CCS(=O)(=O)c1ccc(C(=O)N2CCCC(NC)C2)cc1.Cl. The van der Waals surface area contributed by atoms with Gasteiger partial charge in [-0.1, -0.05) is 6.92 Å². The average Bonchev–Trinajstić information content (AvgIpc) is 2.54. The summed E-state index contributed by atoms with van der Waals surface area (Å²) >= 11 is 0. The standard InChI is InChI=1S/C15H22N2O3S.ClH/c1-3-21(19,20)14-8-6-12(7-9-14)15(18)17-10-4-5-13(11-17)16-2;/h6-9,13,16H,3-5,10-11H2,1-2H3;1H. The van der Waals surface area contributed by atoms with E-state index < -0.39 is 9.84 Å². The minimum absolute atomic E-state index is 0. The van der Waals surface area contributed by atoms with Gasteiger partial charge in [-0.25, -0.2) is 8.42 Å². The number of amides is 1. The third kappa shape index (κ3) is 4.21. The van der Waals surface area contributed by atoms with E-state index in [1.807, 2.05) is 11.9 Å². The Morgan fingerprint density at radius 3 is 2.50 bits per heavy atom. The maximum atomic E-state index is 12.4. The lowest BCUT2D eigenvalue weighted by Gasteiger charge is -2.32. The molecule has 1 heterocycles. The summed E-state index contributed by atoms with van der Waals surface area (Å²) in [6.45, 7) is 3.07. The lowest BCUT2D eigenvalue weighted by atomic mass is 10.0. The Bertz CT molecular complexity index is 602. The monoisotopic (exact) mass is 346 g/mol. The summed E-state index contributed by atoms with van der Waals surface area (Å²) in [6, 6.07) is 6.58. The molecule has 1 aromatic carbocycles. The van der Waals surface area contributed by atoms with Crippen LogP contribution in [0.15, 0.2) is 29.2 Å². The molecule has 1 fully saturated rings. The van der Waals surface area contributed by atoms with Gasteiger partial charge in [-0.2, -0.15) is 0 Å². The zero-order valence-electron chi connectivity index (χ0n) is 12.9. The van der Waals surface area contributed by atoms with Gasteiger partial charge in [0.05, 0.1) is 10.6 Å². The van der Waals surface area contributed by atoms with E-state index in [-0.39, 0.29) is 29.0 Å². The zero-order valence-corrected chi connectivity index (χ0v) is 14.5. The number of nitrogens with one attached hydrogen (secondary N) is 1. The molecule has 1 saturated heterocycles. The largest absolute Gasteiger partial charge is 0.337 e. The molecule has 2 rings (SSSR count). The first-order valence-electron chi connectivity index (χ1n) is 7.27. The van der Waals surface area contributed by atoms with Crippen LogP contribution >= 0.6 is 12.4 Å². The zero-order chi connectivity index (χ0) is 15.5. The van der Waals surface area contributed by atoms with Crippen LogP contribution in [0, 0.1) is 0 Å². The normalized spacial score (nSPS) is 18.6. The molecule has 0 aromatic heterocycles. The van der Waals surface area contributed by atoms with E-state index in [0.717, 1.165) is 19.4 Å². The van der Waals surface area contributed by atoms with Crippen LogP contribution in [0.3, 0.4) is 0 Å². The number of nitrogens with zero attached hydrogens (tertiary/aromatic N) is 1. The molecule has 1 atom stereocenters. The molecule has 1 N–H and O–H groups in total. The summed E-state index contributed by atoms with van der Waals surface area (Å²) in [7, 11) is -1.31. The van der Waals surface area contributed by atoms with Crippen LogP contribution in [-0.2, 0) is 9.84 Å². The van der Waals surface area contributed by atoms with Gasteiger partial charge in [-0.15, -0.1) is 12.4 Å². The van der Waals surface area contributed by atoms with Gasteiger partial charge in [0.1, 0.15) is 0 Å². The second kappa shape index (κ2) is 7.94. The molecule has 22 heavy (non-hydrogen) atoms. The molecule has 124 valence electrons. The second-order valence-electron chi connectivity index (χ2n) is 5.31. The number of benzene rings is 1. The minimum Gasteiger partial charge on any atom is -0.337 e. The molecule has 1 aromatic rings. The fourth-order valence-corrected chi connectivity index (χ4v) is 3.44. The third-order valence-corrected chi connectivity index (χ3v) is 5.71. The van der Waals surface area contributed by atoms with E-state index in [2.05, 4.69) is 5.32 Å². The topological polar surface area (TPSA) is 66.5 Å². The van der Waals surface area contributed by atoms with Crippen molar-refractivity contribution >= 4 is 28.2 Å². The maximum absolute atomic E-state index is 12.4. The fraction of sp³-hybridized carbons (Fsp3) is 0.533. The highest BCUT2D eigenvalue weighted by Gasteiger charge is 2.23. The molecular formula is C15H23ClN2O3S. The number of halogens is 1. The fourth-order valence-electron chi connectivity index (χ4n) is 2.55. The van der Waals surface area contributed by atoms with Crippen LogP contribution < -0.4 is 5.32 Å². The average molecular weight is 347 g/mol. The predicted octanol–water partition coefficient (Wildman–Crippen LogP) is 1.73. The van der Waals surface area contributed by atoms with Crippen LogP contribution in [0.25, 0.3) is 0 Å². The van der Waals surface area contributed by atoms with Gasteiger partial charge in [-0.05, 0) is 44.2 Å². The molecular weight excluding hydrogens is 324 g/mol. The van der Waals surface area contributed by atoms with Gasteiger partial charge < -0.3 is 10.2 Å². The van der Waals surface area contributed by atoms with Gasteiger partial charge in [0.25, 0.3) is 5.91 Å². The van der Waals surface area contributed by atoms with Crippen molar-refractivity contribution in [2.24, 2.45) is 0 Å². The van der Waals surface area contributed by atoms with E-state index in [1.54, 1.807) is 19.1 Å². The summed E-state index contributed by atoms with van der Waals surface area (Å²) in [5.41, 5.74) is 0.543. The molecule has 1 aliphatic rings. The van der Waals surface area contributed by atoms with Crippen molar-refractivity contribution in [2.75, 3.05) is 25.9 Å². The molecule has 1 aliphatic heterocycles. The van der Waals surface area contributed by atoms with Crippen LogP contribution in [0.1, 0.15) is 30.1 Å². The molecule has 5 nitrogen and oxygen atoms in total. The van der Waals surface area contributed by atoms with Crippen molar-refractivity contribution in [3.05, 3.63) is 29.8 Å². The second-order valence-corrected chi connectivity index (χ2v) is 7.59. The molecule has 0 bridgehead atoms. The number of piperidine rings is 1. The summed E-state index contributed by atoms with van der Waals surface area (Å²) < 4.78 is 23.5. The van der Waals surface area contributed by atoms with Crippen molar-refractivity contribution in [1.29, 1.82) is 0 Å². The third-order valence-electron chi connectivity index (χ3n) is 3.96.